The van der Waals surface area contributed by atoms with Gasteiger partial charge < -0.3 is 10.5 Å². The number of aromatic nitrogens is 3. The van der Waals surface area contributed by atoms with Gasteiger partial charge in [-0.1, -0.05) is 28.7 Å². The van der Waals surface area contributed by atoms with Gasteiger partial charge in [-0.25, -0.2) is 13.0 Å². The Bertz CT molecular complexity index is 1430. The maximum Gasteiger partial charge on any atom is 0.278 e. The molecular formula is C21H21N4O4S+. The molecule has 0 aliphatic heterocycles. The molecule has 0 aliphatic carbocycles. The summed E-state index contributed by atoms with van der Waals surface area (Å²) in [4.78, 5) is 17.7. The van der Waals surface area contributed by atoms with Crippen LogP contribution in [-0.2, 0) is 21.1 Å². The van der Waals surface area contributed by atoms with Crippen LogP contribution in [0.15, 0.2) is 69.3 Å². The molecular weight excluding hydrogens is 404 g/mol. The largest absolute Gasteiger partial charge is 0.381 e. The molecule has 0 bridgehead atoms. The van der Waals surface area contributed by atoms with Crippen molar-refractivity contribution < 1.29 is 17.7 Å². The summed E-state index contributed by atoms with van der Waals surface area (Å²) in [5, 5.41) is 0.162. The van der Waals surface area contributed by atoms with Crippen molar-refractivity contribution in [1.29, 1.82) is 0 Å². The van der Waals surface area contributed by atoms with Gasteiger partial charge in [0.1, 0.15) is 10.3 Å². The smallest absolute Gasteiger partial charge is 0.278 e. The maximum atomic E-state index is 13.4. The van der Waals surface area contributed by atoms with Crippen LogP contribution in [0.2, 0.25) is 0 Å². The number of ether oxygens (including phenoxy) is 1. The summed E-state index contributed by atoms with van der Waals surface area (Å²) in [5.74, 6) is 0.00676. The molecule has 0 aliphatic rings. The summed E-state index contributed by atoms with van der Waals surface area (Å²) >= 11 is 0. The number of rotatable bonds is 5. The second kappa shape index (κ2) is 7.51. The number of nitrogens with two attached hydrogens (primary N) is 1. The molecule has 0 saturated carbocycles. The molecule has 0 fully saturated rings. The van der Waals surface area contributed by atoms with Crippen LogP contribution in [0.4, 0.5) is 5.82 Å². The number of sulfone groups is 1. The SMILES string of the molecule is COCC[n+]1c(N)c(S(=O)(=O)c2ccc(C)cc2)cc2c(=O)n3ccccc3nc21. The van der Waals surface area contributed by atoms with Crippen molar-refractivity contribution >= 4 is 32.3 Å². The van der Waals surface area contributed by atoms with Gasteiger partial charge in [-0.2, -0.15) is 0 Å². The third-order valence-corrected chi connectivity index (χ3v) is 6.76. The summed E-state index contributed by atoms with van der Waals surface area (Å²) < 4.78 is 34.8. The molecule has 0 atom stereocenters. The van der Waals surface area contributed by atoms with Crippen LogP contribution in [0.3, 0.4) is 0 Å². The molecule has 30 heavy (non-hydrogen) atoms. The van der Waals surface area contributed by atoms with Crippen LogP contribution >= 0.6 is 0 Å². The minimum absolute atomic E-state index is 0.00676. The van der Waals surface area contributed by atoms with Crippen molar-refractivity contribution in [3.63, 3.8) is 0 Å². The second-order valence-corrected chi connectivity index (χ2v) is 8.86. The van der Waals surface area contributed by atoms with Gasteiger partial charge in [-0.3, -0.25) is 9.20 Å². The van der Waals surface area contributed by atoms with Crippen molar-refractivity contribution in [1.82, 2.24) is 9.38 Å². The third kappa shape index (κ3) is 3.21. The number of benzene rings is 1. The molecule has 3 heterocycles. The van der Waals surface area contributed by atoms with Gasteiger partial charge in [0.25, 0.3) is 11.2 Å². The van der Waals surface area contributed by atoms with E-state index in [1.807, 2.05) is 6.92 Å². The van der Waals surface area contributed by atoms with Crippen molar-refractivity contribution in [3.05, 3.63) is 70.6 Å². The minimum Gasteiger partial charge on any atom is -0.381 e. The fourth-order valence-corrected chi connectivity index (χ4v) is 4.75. The van der Waals surface area contributed by atoms with Crippen LogP contribution in [0.25, 0.3) is 16.7 Å². The number of aryl methyl sites for hydroxylation is 1. The van der Waals surface area contributed by atoms with Crippen molar-refractivity contribution in [2.75, 3.05) is 19.5 Å². The molecule has 8 nitrogen and oxygen atoms in total. The highest BCUT2D eigenvalue weighted by Crippen LogP contribution is 2.26. The normalized spacial score (nSPS) is 11.9. The summed E-state index contributed by atoms with van der Waals surface area (Å²) in [5.41, 5.74) is 7.63. The monoisotopic (exact) mass is 425 g/mol. The van der Waals surface area contributed by atoms with Gasteiger partial charge in [0.2, 0.25) is 21.3 Å². The zero-order chi connectivity index (χ0) is 21.5. The Hall–Kier alpha value is -3.30. The van der Waals surface area contributed by atoms with Gasteiger partial charge in [0.05, 0.1) is 18.0 Å². The molecule has 3 aromatic heterocycles. The number of pyridine rings is 2. The van der Waals surface area contributed by atoms with E-state index in [0.29, 0.717) is 11.3 Å². The lowest BCUT2D eigenvalue weighted by atomic mass is 10.2. The predicted octanol–water partition coefficient (Wildman–Crippen LogP) is 1.51. The average molecular weight is 425 g/mol. The summed E-state index contributed by atoms with van der Waals surface area (Å²) in [6, 6.07) is 13.0. The molecule has 0 saturated heterocycles. The molecule has 9 heteroatoms. The van der Waals surface area contributed by atoms with Gasteiger partial charge in [0, 0.05) is 13.3 Å². The van der Waals surface area contributed by atoms with E-state index in [4.69, 9.17) is 10.5 Å². The fourth-order valence-electron chi connectivity index (χ4n) is 3.34. The van der Waals surface area contributed by atoms with Crippen LogP contribution in [0.5, 0.6) is 0 Å². The standard InChI is InChI=1S/C21H20N4O4S/c1-14-6-8-15(9-7-14)30(27,28)17-13-16-20(25(19(17)22)11-12-29-2)23-18-5-3-4-10-24(18)21(16)26/h3-10,13,22H,11-12H2,1-2H3/p+1. The minimum atomic E-state index is -3.96. The molecule has 4 aromatic rings. The number of hydrogen-bond acceptors (Lipinski definition) is 6. The van der Waals surface area contributed by atoms with Crippen molar-refractivity contribution in [3.8, 4) is 0 Å². The Kier molecular flexibility index (Phi) is 5.00. The van der Waals surface area contributed by atoms with E-state index in [0.717, 1.165) is 5.56 Å². The zero-order valence-corrected chi connectivity index (χ0v) is 17.4. The molecule has 154 valence electrons. The Morgan fingerprint density at radius 2 is 1.90 bits per heavy atom. The first-order valence-electron chi connectivity index (χ1n) is 9.28. The highest BCUT2D eigenvalue weighted by atomic mass is 32.2. The lowest BCUT2D eigenvalue weighted by Gasteiger charge is -2.12. The Morgan fingerprint density at radius 3 is 2.60 bits per heavy atom. The van der Waals surface area contributed by atoms with E-state index in [9.17, 15) is 13.2 Å². The van der Waals surface area contributed by atoms with Crippen LogP contribution < -0.4 is 15.9 Å². The number of nitrogens with zero attached hydrogens (tertiary/aromatic N) is 3. The van der Waals surface area contributed by atoms with Gasteiger partial charge in [-0.05, 0) is 37.3 Å². The van der Waals surface area contributed by atoms with E-state index < -0.39 is 9.84 Å². The third-order valence-electron chi connectivity index (χ3n) is 4.96. The molecule has 2 N–H and O–H groups in total. The first kappa shape index (κ1) is 20.0. The molecule has 0 amide bonds. The number of anilines is 1. The Balaban J connectivity index is 2.09. The number of fused-ring (bicyclic) bond motifs is 2. The van der Waals surface area contributed by atoms with Crippen molar-refractivity contribution in [2.24, 2.45) is 0 Å². The lowest BCUT2D eigenvalue weighted by molar-refractivity contribution is -0.662. The maximum absolute atomic E-state index is 13.4. The first-order valence-corrected chi connectivity index (χ1v) is 10.8. The van der Waals surface area contributed by atoms with E-state index in [2.05, 4.69) is 4.98 Å². The number of hydrogen-bond donors (Lipinski definition) is 1. The van der Waals surface area contributed by atoms with E-state index in [1.165, 1.54) is 34.3 Å². The first-order chi connectivity index (χ1) is 14.3. The lowest BCUT2D eigenvalue weighted by Crippen LogP contribution is -2.43. The molecule has 0 spiro atoms. The highest BCUT2D eigenvalue weighted by molar-refractivity contribution is 7.91. The highest BCUT2D eigenvalue weighted by Gasteiger charge is 2.29. The van der Waals surface area contributed by atoms with Crippen LogP contribution in [0.1, 0.15) is 5.56 Å². The molecule has 0 radical (unpaired) electrons. The summed E-state index contributed by atoms with van der Waals surface area (Å²) in [7, 11) is -2.43. The van der Waals surface area contributed by atoms with Gasteiger partial charge in [0.15, 0.2) is 0 Å². The summed E-state index contributed by atoms with van der Waals surface area (Å²) in [6.45, 7) is 2.39. The van der Waals surface area contributed by atoms with Gasteiger partial charge >= 0.3 is 0 Å². The Morgan fingerprint density at radius 1 is 1.17 bits per heavy atom. The topological polar surface area (TPSA) is 108 Å². The number of methoxy groups -OCH3 is 1. The molecule has 0 unspecified atom stereocenters. The predicted molar refractivity (Wildman–Crippen MR) is 112 cm³/mol. The van der Waals surface area contributed by atoms with Gasteiger partial charge in [-0.15, -0.1) is 0 Å². The summed E-state index contributed by atoms with van der Waals surface area (Å²) in [6.07, 6.45) is 1.59. The van der Waals surface area contributed by atoms with Crippen LogP contribution in [-0.4, -0.2) is 31.5 Å². The quantitative estimate of drug-likeness (QED) is 0.384. The van der Waals surface area contributed by atoms with E-state index >= 15 is 0 Å². The van der Waals surface area contributed by atoms with E-state index in [1.54, 1.807) is 36.5 Å². The molecule has 4 rings (SSSR count). The van der Waals surface area contributed by atoms with Crippen LogP contribution in [0, 0.1) is 6.92 Å². The number of nitrogen functional groups attached to an aromatic ring is 1. The fraction of sp³-hybridized carbons (Fsp3) is 0.190. The molecule has 1 aromatic carbocycles. The average Bonchev–Trinajstić information content (AvgIpc) is 2.73. The van der Waals surface area contributed by atoms with E-state index in [-0.39, 0.29) is 39.7 Å². The zero-order valence-electron chi connectivity index (χ0n) is 16.6. The second-order valence-electron chi connectivity index (χ2n) is 6.94. The van der Waals surface area contributed by atoms with Crippen molar-refractivity contribution in [2.45, 2.75) is 23.3 Å². The Labute approximate surface area is 173 Å².